The Hall–Kier alpha value is -1.75. The minimum absolute atomic E-state index is 0.0309. The molecular formula is C16H26N2O3. The Morgan fingerprint density at radius 1 is 1.29 bits per heavy atom. The van der Waals surface area contributed by atoms with Crippen LogP contribution >= 0.6 is 0 Å². The highest BCUT2D eigenvalue weighted by Gasteiger charge is 2.14. The van der Waals surface area contributed by atoms with Crippen LogP contribution in [-0.4, -0.2) is 41.8 Å². The predicted molar refractivity (Wildman–Crippen MR) is 83.5 cm³/mol. The molecule has 1 unspecified atom stereocenters. The molecule has 118 valence electrons. The summed E-state index contributed by atoms with van der Waals surface area (Å²) in [7, 11) is 0. The molecule has 0 spiro atoms. The first-order chi connectivity index (χ1) is 9.97. The van der Waals surface area contributed by atoms with Crippen molar-refractivity contribution in [1.82, 2.24) is 10.2 Å². The Morgan fingerprint density at radius 3 is 2.38 bits per heavy atom. The van der Waals surface area contributed by atoms with Gasteiger partial charge in [-0.2, -0.15) is 0 Å². The molecular weight excluding hydrogens is 268 g/mol. The lowest BCUT2D eigenvalue weighted by Gasteiger charge is -2.23. The number of ether oxygens (including phenoxy) is 1. The zero-order valence-electron chi connectivity index (χ0n) is 13.3. The maximum atomic E-state index is 12.0. The van der Waals surface area contributed by atoms with Gasteiger partial charge in [0.05, 0.1) is 18.8 Å². The van der Waals surface area contributed by atoms with Crippen molar-refractivity contribution in [3.05, 3.63) is 29.8 Å². The number of aliphatic hydroxyl groups is 1. The number of benzene rings is 1. The van der Waals surface area contributed by atoms with Gasteiger partial charge in [-0.25, -0.2) is 4.79 Å². The van der Waals surface area contributed by atoms with Gasteiger partial charge in [0.15, 0.2) is 0 Å². The lowest BCUT2D eigenvalue weighted by atomic mass is 10.1. The molecule has 0 saturated heterocycles. The molecule has 21 heavy (non-hydrogen) atoms. The van der Waals surface area contributed by atoms with Crippen molar-refractivity contribution in [2.45, 2.75) is 39.8 Å². The molecule has 1 atom stereocenters. The first-order valence-corrected chi connectivity index (χ1v) is 7.40. The van der Waals surface area contributed by atoms with Gasteiger partial charge in [-0.05, 0) is 45.4 Å². The third-order valence-electron chi connectivity index (χ3n) is 3.13. The summed E-state index contributed by atoms with van der Waals surface area (Å²) in [5.41, 5.74) is 1.01. The van der Waals surface area contributed by atoms with Crippen LogP contribution in [0.3, 0.4) is 0 Å². The van der Waals surface area contributed by atoms with E-state index in [0.717, 1.165) is 11.3 Å². The molecule has 0 aromatic heterocycles. The van der Waals surface area contributed by atoms with E-state index < -0.39 is 0 Å². The number of hydrogen-bond acceptors (Lipinski definition) is 3. The van der Waals surface area contributed by atoms with Gasteiger partial charge in [0, 0.05) is 13.1 Å². The van der Waals surface area contributed by atoms with Crippen molar-refractivity contribution in [1.29, 1.82) is 0 Å². The van der Waals surface area contributed by atoms with E-state index in [0.29, 0.717) is 13.1 Å². The van der Waals surface area contributed by atoms with Crippen molar-refractivity contribution >= 4 is 6.03 Å². The molecule has 0 bridgehead atoms. The molecule has 0 heterocycles. The third-order valence-corrected chi connectivity index (χ3v) is 3.13. The van der Waals surface area contributed by atoms with Crippen molar-refractivity contribution in [2.75, 3.05) is 19.7 Å². The molecule has 0 fully saturated rings. The second kappa shape index (κ2) is 8.52. The summed E-state index contributed by atoms with van der Waals surface area (Å²) >= 11 is 0. The molecule has 0 aliphatic rings. The van der Waals surface area contributed by atoms with E-state index in [-0.39, 0.29) is 24.8 Å². The summed E-state index contributed by atoms with van der Waals surface area (Å²) in [6.45, 7) is 8.67. The molecule has 2 N–H and O–H groups in total. The van der Waals surface area contributed by atoms with E-state index in [9.17, 15) is 4.79 Å². The average molecular weight is 294 g/mol. The second-order valence-corrected chi connectivity index (χ2v) is 5.21. The Balaban J connectivity index is 2.62. The van der Waals surface area contributed by atoms with Crippen LogP contribution in [0.2, 0.25) is 0 Å². The van der Waals surface area contributed by atoms with Gasteiger partial charge in [-0.1, -0.05) is 12.1 Å². The number of nitrogens with one attached hydrogen (secondary N) is 1. The molecule has 0 saturated carbocycles. The van der Waals surface area contributed by atoms with Crippen LogP contribution in [-0.2, 0) is 0 Å². The van der Waals surface area contributed by atoms with Crippen molar-refractivity contribution in [3.8, 4) is 5.75 Å². The van der Waals surface area contributed by atoms with Crippen molar-refractivity contribution < 1.29 is 14.6 Å². The van der Waals surface area contributed by atoms with Crippen LogP contribution in [0.4, 0.5) is 4.79 Å². The van der Waals surface area contributed by atoms with Crippen LogP contribution in [0.5, 0.6) is 5.75 Å². The Bertz CT molecular complexity index is 432. The number of aliphatic hydroxyl groups excluding tert-OH is 1. The van der Waals surface area contributed by atoms with E-state index >= 15 is 0 Å². The first kappa shape index (κ1) is 17.3. The maximum Gasteiger partial charge on any atom is 0.317 e. The number of rotatable bonds is 7. The topological polar surface area (TPSA) is 61.8 Å². The van der Waals surface area contributed by atoms with Crippen molar-refractivity contribution in [2.24, 2.45) is 0 Å². The van der Waals surface area contributed by atoms with Gasteiger partial charge in [0.2, 0.25) is 0 Å². The molecule has 1 rings (SSSR count). The number of amides is 2. The minimum Gasteiger partial charge on any atom is -0.491 e. The molecule has 5 heteroatoms. The SMILES string of the molecule is CCN(CCO)C(=O)NC(C)c1ccc(OC(C)C)cc1. The quantitative estimate of drug-likeness (QED) is 0.812. The number of likely N-dealkylation sites (N-methyl/N-ethyl adjacent to an activating group) is 1. The fourth-order valence-electron chi connectivity index (χ4n) is 1.99. The number of carbonyl (C=O) groups excluding carboxylic acids is 1. The van der Waals surface area contributed by atoms with Crippen LogP contribution in [0, 0.1) is 0 Å². The molecule has 1 aromatic carbocycles. The predicted octanol–water partition coefficient (Wildman–Crippen LogP) is 2.56. The summed E-state index contributed by atoms with van der Waals surface area (Å²) in [5, 5.41) is 11.9. The highest BCUT2D eigenvalue weighted by Crippen LogP contribution is 2.18. The van der Waals surface area contributed by atoms with Gasteiger partial charge in [0.1, 0.15) is 5.75 Å². The van der Waals surface area contributed by atoms with Crippen LogP contribution in [0.15, 0.2) is 24.3 Å². The van der Waals surface area contributed by atoms with Gasteiger partial charge in [-0.3, -0.25) is 0 Å². The number of nitrogens with zero attached hydrogens (tertiary/aromatic N) is 1. The molecule has 2 amide bonds. The van der Waals surface area contributed by atoms with Gasteiger partial charge in [-0.15, -0.1) is 0 Å². The Morgan fingerprint density at radius 2 is 1.90 bits per heavy atom. The fraction of sp³-hybridized carbons (Fsp3) is 0.562. The number of carbonyl (C=O) groups is 1. The third kappa shape index (κ3) is 5.63. The van der Waals surface area contributed by atoms with E-state index in [1.807, 2.05) is 52.0 Å². The van der Waals surface area contributed by atoms with Gasteiger partial charge in [0.25, 0.3) is 0 Å². The summed E-state index contributed by atoms with van der Waals surface area (Å²) in [4.78, 5) is 13.6. The minimum atomic E-state index is -0.165. The van der Waals surface area contributed by atoms with E-state index in [2.05, 4.69) is 5.32 Å². The molecule has 0 aliphatic heterocycles. The van der Waals surface area contributed by atoms with Crippen LogP contribution in [0.25, 0.3) is 0 Å². The Kier molecular flexibility index (Phi) is 7.02. The van der Waals surface area contributed by atoms with E-state index in [4.69, 9.17) is 9.84 Å². The monoisotopic (exact) mass is 294 g/mol. The highest BCUT2D eigenvalue weighted by atomic mass is 16.5. The first-order valence-electron chi connectivity index (χ1n) is 7.40. The smallest absolute Gasteiger partial charge is 0.317 e. The highest BCUT2D eigenvalue weighted by molar-refractivity contribution is 5.74. The maximum absolute atomic E-state index is 12.0. The normalized spacial score (nSPS) is 12.1. The molecule has 1 aromatic rings. The lowest BCUT2D eigenvalue weighted by molar-refractivity contribution is 0.178. The summed E-state index contributed by atoms with van der Waals surface area (Å²) < 4.78 is 5.59. The molecule has 5 nitrogen and oxygen atoms in total. The van der Waals surface area contributed by atoms with Crippen molar-refractivity contribution in [3.63, 3.8) is 0 Å². The van der Waals surface area contributed by atoms with Crippen LogP contribution in [0.1, 0.15) is 39.3 Å². The summed E-state index contributed by atoms with van der Waals surface area (Å²) in [6, 6.07) is 7.45. The summed E-state index contributed by atoms with van der Waals surface area (Å²) in [5.74, 6) is 0.822. The zero-order chi connectivity index (χ0) is 15.8. The fourth-order valence-corrected chi connectivity index (χ4v) is 1.99. The van der Waals surface area contributed by atoms with Crippen LogP contribution < -0.4 is 10.1 Å². The standard InChI is InChI=1S/C16H26N2O3/c1-5-18(10-11-19)16(20)17-13(4)14-6-8-15(9-7-14)21-12(2)3/h6-9,12-13,19H,5,10-11H2,1-4H3,(H,17,20). The number of urea groups is 1. The largest absolute Gasteiger partial charge is 0.491 e. The number of hydrogen-bond donors (Lipinski definition) is 2. The summed E-state index contributed by atoms with van der Waals surface area (Å²) in [6.07, 6.45) is 0.143. The van der Waals surface area contributed by atoms with Gasteiger partial charge >= 0.3 is 6.03 Å². The Labute approximate surface area is 126 Å². The van der Waals surface area contributed by atoms with Gasteiger partial charge < -0.3 is 20.1 Å². The van der Waals surface area contributed by atoms with E-state index in [1.165, 1.54) is 0 Å². The van der Waals surface area contributed by atoms with E-state index in [1.54, 1.807) is 4.90 Å². The lowest BCUT2D eigenvalue weighted by Crippen LogP contribution is -2.42. The molecule has 0 radical (unpaired) electrons. The second-order valence-electron chi connectivity index (χ2n) is 5.21. The average Bonchev–Trinajstić information content (AvgIpc) is 2.44. The molecule has 0 aliphatic carbocycles. The zero-order valence-corrected chi connectivity index (χ0v) is 13.3.